The summed E-state index contributed by atoms with van der Waals surface area (Å²) in [5, 5.41) is 0. The molecule has 0 spiro atoms. The topological polar surface area (TPSA) is 42.4 Å². The lowest BCUT2D eigenvalue weighted by molar-refractivity contribution is 0.233. The minimum absolute atomic E-state index is 0.363. The minimum atomic E-state index is 0.363. The van der Waals surface area contributed by atoms with Gasteiger partial charge < -0.3 is 10.2 Å². The lowest BCUT2D eigenvalue weighted by Crippen LogP contribution is -2.42. The molecule has 1 aliphatic heterocycles. The van der Waals surface area contributed by atoms with Gasteiger partial charge in [0.05, 0.1) is 12.8 Å². The predicted molar refractivity (Wildman–Crippen MR) is 68.4 cm³/mol. The summed E-state index contributed by atoms with van der Waals surface area (Å²) in [7, 11) is 0. The lowest BCUT2D eigenvalue weighted by Gasteiger charge is -2.37. The first-order valence-corrected chi connectivity index (χ1v) is 6.70. The van der Waals surface area contributed by atoms with Crippen molar-refractivity contribution >= 4 is 11.8 Å². The molecule has 0 aromatic carbocycles. The Hall–Kier alpha value is -0.450. The molecule has 0 atom stereocenters. The number of hydrogen-bond acceptors (Lipinski definition) is 4. The summed E-state index contributed by atoms with van der Waals surface area (Å²) in [6.45, 7) is 8.34. The van der Waals surface area contributed by atoms with Crippen LogP contribution in [0.4, 0.5) is 0 Å². The third-order valence-electron chi connectivity index (χ3n) is 2.83. The van der Waals surface area contributed by atoms with Crippen LogP contribution in [0.3, 0.4) is 0 Å². The van der Waals surface area contributed by atoms with Crippen LogP contribution in [0.1, 0.15) is 25.2 Å². The second kappa shape index (κ2) is 4.82. The van der Waals surface area contributed by atoms with E-state index >= 15 is 0 Å². The van der Waals surface area contributed by atoms with Crippen LogP contribution in [-0.4, -0.2) is 28.5 Å². The van der Waals surface area contributed by atoms with Crippen LogP contribution in [0.15, 0.2) is 16.7 Å². The first-order chi connectivity index (χ1) is 7.59. The van der Waals surface area contributed by atoms with Gasteiger partial charge in [-0.05, 0) is 19.9 Å². The van der Waals surface area contributed by atoms with E-state index in [0.29, 0.717) is 11.3 Å². The number of hydrogen-bond donors (Lipinski definition) is 1. The number of rotatable bonds is 3. The SMILES string of the molecule is CC1(C)CN(Cc2cc(CN)co2)CCS1. The van der Waals surface area contributed by atoms with Gasteiger partial charge in [-0.15, -0.1) is 0 Å². The summed E-state index contributed by atoms with van der Waals surface area (Å²) < 4.78 is 5.86. The van der Waals surface area contributed by atoms with Gasteiger partial charge in [-0.2, -0.15) is 11.8 Å². The predicted octanol–water partition coefficient (Wildman–Crippen LogP) is 2.07. The molecule has 0 unspecified atom stereocenters. The van der Waals surface area contributed by atoms with E-state index in [1.807, 2.05) is 0 Å². The first kappa shape index (κ1) is 12.0. The number of nitrogens with zero attached hydrogens (tertiary/aromatic N) is 1. The molecule has 2 N–H and O–H groups in total. The van der Waals surface area contributed by atoms with Crippen molar-refractivity contribution in [3.05, 3.63) is 23.7 Å². The Morgan fingerprint density at radius 1 is 1.56 bits per heavy atom. The van der Waals surface area contributed by atoms with Crippen molar-refractivity contribution in [3.63, 3.8) is 0 Å². The molecule has 4 heteroatoms. The molecule has 2 heterocycles. The molecule has 1 aromatic heterocycles. The van der Waals surface area contributed by atoms with Gasteiger partial charge >= 0.3 is 0 Å². The highest BCUT2D eigenvalue weighted by molar-refractivity contribution is 8.00. The zero-order valence-electron chi connectivity index (χ0n) is 10.0. The smallest absolute Gasteiger partial charge is 0.118 e. The van der Waals surface area contributed by atoms with Gasteiger partial charge in [0, 0.05) is 35.7 Å². The van der Waals surface area contributed by atoms with E-state index < -0.39 is 0 Å². The highest BCUT2D eigenvalue weighted by atomic mass is 32.2. The van der Waals surface area contributed by atoms with Crippen molar-refractivity contribution in [3.8, 4) is 0 Å². The Balaban J connectivity index is 1.94. The highest BCUT2D eigenvalue weighted by Crippen LogP contribution is 2.30. The molecule has 0 saturated carbocycles. The summed E-state index contributed by atoms with van der Waals surface area (Å²) in [6.07, 6.45) is 1.76. The molecule has 1 saturated heterocycles. The van der Waals surface area contributed by atoms with Crippen molar-refractivity contribution in [1.29, 1.82) is 0 Å². The maximum absolute atomic E-state index is 5.56. The van der Waals surface area contributed by atoms with E-state index in [4.69, 9.17) is 10.2 Å². The van der Waals surface area contributed by atoms with Gasteiger partial charge in [0.1, 0.15) is 5.76 Å². The van der Waals surface area contributed by atoms with E-state index in [2.05, 4.69) is 36.6 Å². The quantitative estimate of drug-likeness (QED) is 0.878. The van der Waals surface area contributed by atoms with Crippen LogP contribution in [0.25, 0.3) is 0 Å². The zero-order valence-corrected chi connectivity index (χ0v) is 10.8. The third kappa shape index (κ3) is 3.03. The highest BCUT2D eigenvalue weighted by Gasteiger charge is 2.27. The Kier molecular flexibility index (Phi) is 3.62. The number of nitrogens with two attached hydrogens (primary N) is 1. The van der Waals surface area contributed by atoms with Gasteiger partial charge in [-0.3, -0.25) is 4.90 Å². The van der Waals surface area contributed by atoms with E-state index in [0.717, 1.165) is 31.0 Å². The molecule has 3 nitrogen and oxygen atoms in total. The summed E-state index contributed by atoms with van der Waals surface area (Å²) in [4.78, 5) is 2.45. The Labute approximate surface area is 101 Å². The fourth-order valence-electron chi connectivity index (χ4n) is 2.09. The first-order valence-electron chi connectivity index (χ1n) is 5.72. The van der Waals surface area contributed by atoms with Gasteiger partial charge in [0.15, 0.2) is 0 Å². The van der Waals surface area contributed by atoms with Crippen molar-refractivity contribution in [2.75, 3.05) is 18.8 Å². The fourth-order valence-corrected chi connectivity index (χ4v) is 3.26. The van der Waals surface area contributed by atoms with Crippen molar-refractivity contribution < 1.29 is 4.42 Å². The summed E-state index contributed by atoms with van der Waals surface area (Å²) in [5.41, 5.74) is 6.65. The van der Waals surface area contributed by atoms with E-state index in [-0.39, 0.29) is 0 Å². The summed E-state index contributed by atoms with van der Waals surface area (Å²) in [5.74, 6) is 2.24. The normalized spacial score (nSPS) is 21.2. The molecule has 1 aliphatic rings. The molecule has 1 fully saturated rings. The van der Waals surface area contributed by atoms with Gasteiger partial charge in [0.25, 0.3) is 0 Å². The number of furan rings is 1. The zero-order chi connectivity index (χ0) is 11.6. The second-order valence-electron chi connectivity index (χ2n) is 4.94. The molecule has 16 heavy (non-hydrogen) atoms. The van der Waals surface area contributed by atoms with Crippen LogP contribution < -0.4 is 5.73 Å². The maximum atomic E-state index is 5.56. The Morgan fingerprint density at radius 3 is 3.00 bits per heavy atom. The van der Waals surface area contributed by atoms with Crippen molar-refractivity contribution in [2.45, 2.75) is 31.7 Å². The monoisotopic (exact) mass is 240 g/mol. The molecular weight excluding hydrogens is 220 g/mol. The van der Waals surface area contributed by atoms with Gasteiger partial charge in [-0.1, -0.05) is 0 Å². The van der Waals surface area contributed by atoms with Crippen LogP contribution in [-0.2, 0) is 13.1 Å². The van der Waals surface area contributed by atoms with Gasteiger partial charge in [-0.25, -0.2) is 0 Å². The largest absolute Gasteiger partial charge is 0.468 e. The molecule has 1 aromatic rings. The molecular formula is C12H20N2OS. The Morgan fingerprint density at radius 2 is 2.38 bits per heavy atom. The van der Waals surface area contributed by atoms with Crippen molar-refractivity contribution in [2.24, 2.45) is 5.73 Å². The third-order valence-corrected chi connectivity index (χ3v) is 4.13. The summed E-state index contributed by atoms with van der Waals surface area (Å²) >= 11 is 2.05. The van der Waals surface area contributed by atoms with Crippen molar-refractivity contribution in [1.82, 2.24) is 4.90 Å². The molecule has 0 radical (unpaired) electrons. The van der Waals surface area contributed by atoms with E-state index in [1.165, 1.54) is 5.75 Å². The van der Waals surface area contributed by atoms with Crippen LogP contribution in [0, 0.1) is 0 Å². The number of thioether (sulfide) groups is 1. The Bertz CT molecular complexity index is 349. The maximum Gasteiger partial charge on any atom is 0.118 e. The average Bonchev–Trinajstić information content (AvgIpc) is 2.64. The summed E-state index contributed by atoms with van der Waals surface area (Å²) in [6, 6.07) is 2.06. The standard InChI is InChI=1S/C12H20N2OS/c1-12(2)9-14(3-4-16-12)7-11-5-10(6-13)8-15-11/h5,8H,3-4,6-7,9,13H2,1-2H3. The fraction of sp³-hybridized carbons (Fsp3) is 0.667. The van der Waals surface area contributed by atoms with Gasteiger partial charge in [0.2, 0.25) is 0 Å². The minimum Gasteiger partial charge on any atom is -0.468 e. The lowest BCUT2D eigenvalue weighted by atomic mass is 10.2. The second-order valence-corrected chi connectivity index (χ2v) is 6.75. The molecule has 90 valence electrons. The van der Waals surface area contributed by atoms with E-state index in [1.54, 1.807) is 6.26 Å². The molecule has 0 aliphatic carbocycles. The average molecular weight is 240 g/mol. The molecule has 0 bridgehead atoms. The van der Waals surface area contributed by atoms with Crippen LogP contribution in [0.5, 0.6) is 0 Å². The molecule has 0 amide bonds. The molecule has 2 rings (SSSR count). The van der Waals surface area contributed by atoms with E-state index in [9.17, 15) is 0 Å². The van der Waals surface area contributed by atoms with Crippen LogP contribution in [0.2, 0.25) is 0 Å². The van der Waals surface area contributed by atoms with Crippen LogP contribution >= 0.6 is 11.8 Å².